The number of carbonyl (C=O) groups excluding carboxylic acids is 1. The lowest BCUT2D eigenvalue weighted by Gasteiger charge is -2.24. The molecule has 0 saturated carbocycles. The number of hydrogen-bond acceptors (Lipinski definition) is 4. The molecule has 0 bridgehead atoms. The first kappa shape index (κ1) is 18.1. The molecular formula is C23H22N2O3. The standard InChI is InChI=1S/C23H22N2O3/c1-24(19-9-3-2-4-10-19)21-12-20(22(27)11-18(21)15-26)23(28)25-13-16-7-5-6-8-17(16)14-25/h2-12,26-27H,13-15H2,1H3. The average molecular weight is 374 g/mol. The lowest BCUT2D eigenvalue weighted by molar-refractivity contribution is 0.0748. The van der Waals surface area contributed by atoms with Crippen LogP contribution in [0.2, 0.25) is 0 Å². The molecule has 0 spiro atoms. The average Bonchev–Trinajstić information content (AvgIpc) is 3.17. The van der Waals surface area contributed by atoms with E-state index in [0.717, 1.165) is 16.8 Å². The summed E-state index contributed by atoms with van der Waals surface area (Å²) in [4.78, 5) is 16.8. The van der Waals surface area contributed by atoms with Gasteiger partial charge in [-0.25, -0.2) is 0 Å². The number of aliphatic hydroxyl groups is 1. The van der Waals surface area contributed by atoms with Crippen molar-refractivity contribution in [3.05, 3.63) is 89.0 Å². The van der Waals surface area contributed by atoms with Gasteiger partial charge >= 0.3 is 0 Å². The van der Waals surface area contributed by atoms with Gasteiger partial charge in [0.05, 0.1) is 12.2 Å². The molecule has 142 valence electrons. The van der Waals surface area contributed by atoms with Crippen molar-refractivity contribution >= 4 is 17.3 Å². The van der Waals surface area contributed by atoms with Crippen LogP contribution >= 0.6 is 0 Å². The fourth-order valence-electron chi connectivity index (χ4n) is 3.67. The van der Waals surface area contributed by atoms with Gasteiger partial charge in [0.2, 0.25) is 0 Å². The van der Waals surface area contributed by atoms with Crippen LogP contribution in [0.3, 0.4) is 0 Å². The summed E-state index contributed by atoms with van der Waals surface area (Å²) in [6, 6.07) is 20.8. The third kappa shape index (κ3) is 3.21. The van der Waals surface area contributed by atoms with Gasteiger partial charge in [-0.3, -0.25) is 4.79 Å². The minimum atomic E-state index is -0.232. The van der Waals surface area contributed by atoms with Crippen LogP contribution in [0.4, 0.5) is 11.4 Å². The number of phenols is 1. The van der Waals surface area contributed by atoms with E-state index in [1.807, 2.05) is 66.5 Å². The predicted octanol–water partition coefficient (Wildman–Crippen LogP) is 3.81. The number of benzene rings is 3. The molecule has 28 heavy (non-hydrogen) atoms. The van der Waals surface area contributed by atoms with E-state index in [1.165, 1.54) is 6.07 Å². The minimum absolute atomic E-state index is 0.116. The Bertz CT molecular complexity index is 993. The van der Waals surface area contributed by atoms with Gasteiger partial charge in [-0.2, -0.15) is 0 Å². The molecule has 3 aromatic rings. The molecule has 1 amide bonds. The van der Waals surface area contributed by atoms with Crippen molar-refractivity contribution in [3.63, 3.8) is 0 Å². The topological polar surface area (TPSA) is 64.0 Å². The number of para-hydroxylation sites is 1. The first-order chi connectivity index (χ1) is 13.6. The Kier molecular flexibility index (Phi) is 4.75. The molecule has 1 aliphatic heterocycles. The SMILES string of the molecule is CN(c1ccccc1)c1cc(C(=O)N2Cc3ccccc3C2)c(O)cc1CO. The number of amides is 1. The van der Waals surface area contributed by atoms with Gasteiger partial charge in [0.15, 0.2) is 0 Å². The van der Waals surface area contributed by atoms with E-state index in [0.29, 0.717) is 24.3 Å². The quantitative estimate of drug-likeness (QED) is 0.729. The normalized spacial score (nSPS) is 12.7. The van der Waals surface area contributed by atoms with E-state index in [-0.39, 0.29) is 23.8 Å². The summed E-state index contributed by atoms with van der Waals surface area (Å²) in [5.74, 6) is -0.337. The van der Waals surface area contributed by atoms with Crippen LogP contribution in [0.1, 0.15) is 27.0 Å². The zero-order valence-electron chi connectivity index (χ0n) is 15.7. The second kappa shape index (κ2) is 7.37. The van der Waals surface area contributed by atoms with E-state index in [4.69, 9.17) is 0 Å². The summed E-state index contributed by atoms with van der Waals surface area (Å²) in [7, 11) is 1.88. The molecule has 5 heteroatoms. The number of carbonyl (C=O) groups is 1. The third-order valence-electron chi connectivity index (χ3n) is 5.23. The fraction of sp³-hybridized carbons (Fsp3) is 0.174. The fourth-order valence-corrected chi connectivity index (χ4v) is 3.67. The van der Waals surface area contributed by atoms with E-state index in [2.05, 4.69) is 0 Å². The lowest BCUT2D eigenvalue weighted by Crippen LogP contribution is -2.26. The Morgan fingerprint density at radius 1 is 1.00 bits per heavy atom. The summed E-state index contributed by atoms with van der Waals surface area (Å²) in [6.07, 6.45) is 0. The lowest BCUT2D eigenvalue weighted by atomic mass is 10.1. The van der Waals surface area contributed by atoms with Crippen LogP contribution in [-0.4, -0.2) is 28.1 Å². The molecule has 0 fully saturated rings. The molecule has 1 heterocycles. The molecule has 0 unspecified atom stereocenters. The second-order valence-corrected chi connectivity index (χ2v) is 6.98. The molecule has 5 nitrogen and oxygen atoms in total. The summed E-state index contributed by atoms with van der Waals surface area (Å²) < 4.78 is 0. The smallest absolute Gasteiger partial charge is 0.258 e. The summed E-state index contributed by atoms with van der Waals surface area (Å²) in [6.45, 7) is 0.823. The monoisotopic (exact) mass is 374 g/mol. The van der Waals surface area contributed by atoms with Crippen molar-refractivity contribution < 1.29 is 15.0 Å². The van der Waals surface area contributed by atoms with Crippen molar-refractivity contribution in [1.29, 1.82) is 0 Å². The van der Waals surface area contributed by atoms with Gasteiger partial charge in [-0.15, -0.1) is 0 Å². The number of aliphatic hydroxyl groups excluding tert-OH is 1. The number of fused-ring (bicyclic) bond motifs is 1. The molecule has 1 aliphatic rings. The second-order valence-electron chi connectivity index (χ2n) is 6.98. The number of aromatic hydroxyl groups is 1. The highest BCUT2D eigenvalue weighted by molar-refractivity contribution is 5.98. The maximum atomic E-state index is 13.1. The highest BCUT2D eigenvalue weighted by Gasteiger charge is 2.27. The minimum Gasteiger partial charge on any atom is -0.507 e. The largest absolute Gasteiger partial charge is 0.507 e. The highest BCUT2D eigenvalue weighted by Crippen LogP contribution is 2.34. The first-order valence-electron chi connectivity index (χ1n) is 9.20. The molecule has 0 radical (unpaired) electrons. The summed E-state index contributed by atoms with van der Waals surface area (Å²) in [5.41, 5.74) is 4.67. The number of hydrogen-bond donors (Lipinski definition) is 2. The Balaban J connectivity index is 1.69. The molecule has 3 aromatic carbocycles. The molecule has 4 rings (SSSR count). The van der Waals surface area contributed by atoms with Gasteiger partial charge in [0.1, 0.15) is 5.75 Å². The Morgan fingerprint density at radius 2 is 1.61 bits per heavy atom. The van der Waals surface area contributed by atoms with Crippen LogP contribution in [0.25, 0.3) is 0 Å². The number of nitrogens with zero attached hydrogens (tertiary/aromatic N) is 2. The van der Waals surface area contributed by atoms with Gasteiger partial charge in [0.25, 0.3) is 5.91 Å². The molecule has 0 aromatic heterocycles. The summed E-state index contributed by atoms with van der Waals surface area (Å²) in [5, 5.41) is 20.2. The zero-order chi connectivity index (χ0) is 19.7. The van der Waals surface area contributed by atoms with E-state index >= 15 is 0 Å². The van der Waals surface area contributed by atoms with Crippen LogP contribution in [0.5, 0.6) is 5.75 Å². The van der Waals surface area contributed by atoms with Crippen molar-refractivity contribution in [2.24, 2.45) is 0 Å². The molecular weight excluding hydrogens is 352 g/mol. The Morgan fingerprint density at radius 3 is 2.21 bits per heavy atom. The van der Waals surface area contributed by atoms with E-state index < -0.39 is 0 Å². The molecule has 0 aliphatic carbocycles. The van der Waals surface area contributed by atoms with Gasteiger partial charge in [-0.1, -0.05) is 42.5 Å². The van der Waals surface area contributed by atoms with Crippen molar-refractivity contribution in [1.82, 2.24) is 4.90 Å². The van der Waals surface area contributed by atoms with Gasteiger partial charge in [0, 0.05) is 37.1 Å². The zero-order valence-corrected chi connectivity index (χ0v) is 15.7. The summed E-state index contributed by atoms with van der Waals surface area (Å²) >= 11 is 0. The van der Waals surface area contributed by atoms with Crippen LogP contribution in [-0.2, 0) is 19.7 Å². The van der Waals surface area contributed by atoms with E-state index in [1.54, 1.807) is 11.0 Å². The van der Waals surface area contributed by atoms with Crippen molar-refractivity contribution in [3.8, 4) is 5.75 Å². The van der Waals surface area contributed by atoms with Crippen LogP contribution in [0.15, 0.2) is 66.7 Å². The predicted molar refractivity (Wildman–Crippen MR) is 109 cm³/mol. The van der Waals surface area contributed by atoms with Gasteiger partial charge < -0.3 is 20.0 Å². The highest BCUT2D eigenvalue weighted by atomic mass is 16.3. The molecule has 0 saturated heterocycles. The Labute approximate surface area is 164 Å². The van der Waals surface area contributed by atoms with Crippen LogP contribution in [0, 0.1) is 0 Å². The molecule has 2 N–H and O–H groups in total. The van der Waals surface area contributed by atoms with Crippen molar-refractivity contribution in [2.75, 3.05) is 11.9 Å². The Hall–Kier alpha value is -3.31. The maximum absolute atomic E-state index is 13.1. The number of anilines is 2. The number of rotatable bonds is 4. The molecule has 0 atom stereocenters. The van der Waals surface area contributed by atoms with Crippen LogP contribution < -0.4 is 4.90 Å². The third-order valence-corrected chi connectivity index (χ3v) is 5.23. The maximum Gasteiger partial charge on any atom is 0.258 e. The first-order valence-corrected chi connectivity index (χ1v) is 9.20. The van der Waals surface area contributed by atoms with Gasteiger partial charge in [-0.05, 0) is 35.4 Å². The number of phenolic OH excluding ortho intramolecular Hbond substituents is 1. The van der Waals surface area contributed by atoms with E-state index in [9.17, 15) is 15.0 Å². The van der Waals surface area contributed by atoms with Crippen molar-refractivity contribution in [2.45, 2.75) is 19.7 Å².